The van der Waals surface area contributed by atoms with Crippen LogP contribution in [-0.4, -0.2) is 30.1 Å². The van der Waals surface area contributed by atoms with Crippen molar-refractivity contribution in [1.29, 1.82) is 0 Å². The van der Waals surface area contributed by atoms with Gasteiger partial charge in [-0.1, -0.05) is 12.1 Å². The van der Waals surface area contributed by atoms with Crippen LogP contribution in [0.5, 0.6) is 0 Å². The normalized spacial score (nSPS) is 12.1. The summed E-state index contributed by atoms with van der Waals surface area (Å²) in [6.45, 7) is 6.37. The van der Waals surface area contributed by atoms with Crippen molar-refractivity contribution in [2.24, 2.45) is 0 Å². The van der Waals surface area contributed by atoms with E-state index in [9.17, 15) is 18.8 Å². The lowest BCUT2D eigenvalue weighted by Gasteiger charge is -2.13. The minimum Gasteiger partial charge on any atom is -0.447 e. The van der Waals surface area contributed by atoms with Crippen LogP contribution in [0.2, 0.25) is 0 Å². The van der Waals surface area contributed by atoms with Crippen LogP contribution in [0.4, 0.5) is 9.18 Å². The maximum absolute atomic E-state index is 13.7. The topological polar surface area (TPSA) is 97.6 Å². The fourth-order valence-corrected chi connectivity index (χ4v) is 2.18. The number of ether oxygens (including phenoxy) is 1. The van der Waals surface area contributed by atoms with E-state index >= 15 is 0 Å². The number of aryl methyl sites for hydroxylation is 1. The molecule has 25 heavy (non-hydrogen) atoms. The molecule has 0 fully saturated rings. The second kappa shape index (κ2) is 7.33. The van der Waals surface area contributed by atoms with Gasteiger partial charge in [-0.15, -0.1) is 0 Å². The summed E-state index contributed by atoms with van der Waals surface area (Å²) >= 11 is 0. The summed E-state index contributed by atoms with van der Waals surface area (Å²) in [6, 6.07) is 3.48. The first-order valence-corrected chi connectivity index (χ1v) is 7.70. The molecule has 7 nitrogen and oxygen atoms in total. The number of nitrogens with one attached hydrogen (secondary N) is 2. The molecular formula is C17H19FN2O5. The summed E-state index contributed by atoms with van der Waals surface area (Å²) in [5.74, 6) is -2.49. The first-order chi connectivity index (χ1) is 11.7. The van der Waals surface area contributed by atoms with Gasteiger partial charge in [0, 0.05) is 17.0 Å². The van der Waals surface area contributed by atoms with E-state index in [2.05, 4.69) is 10.6 Å². The number of rotatable bonds is 4. The summed E-state index contributed by atoms with van der Waals surface area (Å²) in [5, 5.41) is 4.98. The number of furan rings is 1. The van der Waals surface area contributed by atoms with E-state index in [0.29, 0.717) is 10.9 Å². The van der Waals surface area contributed by atoms with Crippen LogP contribution >= 0.6 is 0 Å². The summed E-state index contributed by atoms with van der Waals surface area (Å²) < 4.78 is 24.0. The van der Waals surface area contributed by atoms with Gasteiger partial charge in [-0.25, -0.2) is 14.0 Å². The third kappa shape index (κ3) is 4.14. The van der Waals surface area contributed by atoms with E-state index in [1.807, 2.05) is 0 Å². The molecule has 0 aliphatic heterocycles. The van der Waals surface area contributed by atoms with Gasteiger partial charge in [0.2, 0.25) is 5.76 Å². The van der Waals surface area contributed by atoms with Crippen molar-refractivity contribution >= 4 is 28.9 Å². The molecule has 0 bridgehead atoms. The average Bonchev–Trinajstić information content (AvgIpc) is 2.85. The Labute approximate surface area is 143 Å². The van der Waals surface area contributed by atoms with E-state index in [4.69, 9.17) is 9.15 Å². The molecule has 0 radical (unpaired) electrons. The minimum absolute atomic E-state index is 0.0552. The monoisotopic (exact) mass is 350 g/mol. The van der Waals surface area contributed by atoms with Gasteiger partial charge in [0.15, 0.2) is 17.5 Å². The largest absolute Gasteiger partial charge is 0.447 e. The number of carbonyl (C=O) groups is 3. The van der Waals surface area contributed by atoms with Crippen molar-refractivity contribution in [2.45, 2.75) is 39.8 Å². The Morgan fingerprint density at radius 1 is 1.20 bits per heavy atom. The Morgan fingerprint density at radius 3 is 2.48 bits per heavy atom. The van der Waals surface area contributed by atoms with Gasteiger partial charge >= 0.3 is 12.0 Å². The van der Waals surface area contributed by atoms with Gasteiger partial charge in [0.25, 0.3) is 5.91 Å². The van der Waals surface area contributed by atoms with Gasteiger partial charge < -0.3 is 14.5 Å². The molecule has 2 N–H and O–H groups in total. The van der Waals surface area contributed by atoms with Gasteiger partial charge in [-0.2, -0.15) is 0 Å². The van der Waals surface area contributed by atoms with E-state index in [1.54, 1.807) is 26.8 Å². The van der Waals surface area contributed by atoms with E-state index < -0.39 is 29.8 Å². The molecule has 2 rings (SSSR count). The number of imide groups is 1. The van der Waals surface area contributed by atoms with Crippen LogP contribution in [-0.2, 0) is 9.53 Å². The first-order valence-electron chi connectivity index (χ1n) is 7.70. The maximum Gasteiger partial charge on any atom is 0.375 e. The number of fused-ring (bicyclic) bond motifs is 1. The fraction of sp³-hybridized carbons (Fsp3) is 0.353. The molecule has 1 heterocycles. The van der Waals surface area contributed by atoms with Crippen molar-refractivity contribution in [3.8, 4) is 0 Å². The number of carbonyl (C=O) groups excluding carboxylic acids is 3. The summed E-state index contributed by atoms with van der Waals surface area (Å²) in [5.41, 5.74) is 0.352. The standard InChI is InChI=1S/C17H19FN2O5/c1-8(2)19-17(23)20-15(21)10(4)24-16(22)13-9(3)11-6-5-7-12(18)14(11)25-13/h5-8,10H,1-4H3,(H2,19,20,21,23)/t10-/m0/s1. The number of amides is 3. The molecular weight excluding hydrogens is 331 g/mol. The molecule has 0 aliphatic rings. The molecule has 134 valence electrons. The van der Waals surface area contributed by atoms with Crippen LogP contribution in [0.15, 0.2) is 22.6 Å². The molecule has 2 aromatic rings. The second-order valence-corrected chi connectivity index (χ2v) is 5.84. The van der Waals surface area contributed by atoms with Crippen LogP contribution in [0.3, 0.4) is 0 Å². The highest BCUT2D eigenvalue weighted by molar-refractivity contribution is 6.00. The quantitative estimate of drug-likeness (QED) is 0.826. The number of hydrogen-bond acceptors (Lipinski definition) is 5. The van der Waals surface area contributed by atoms with Crippen LogP contribution in [0.25, 0.3) is 11.0 Å². The highest BCUT2D eigenvalue weighted by atomic mass is 19.1. The Hall–Kier alpha value is -2.90. The SMILES string of the molecule is Cc1c(C(=O)O[C@@H](C)C(=O)NC(=O)NC(C)C)oc2c(F)cccc12. The molecule has 0 saturated heterocycles. The summed E-state index contributed by atoms with van der Waals surface area (Å²) in [6.07, 6.45) is -1.23. The van der Waals surface area contributed by atoms with Gasteiger partial charge in [0.05, 0.1) is 0 Å². The predicted octanol–water partition coefficient (Wildman–Crippen LogP) is 2.66. The Bertz CT molecular complexity index is 828. The lowest BCUT2D eigenvalue weighted by atomic mass is 10.1. The number of benzene rings is 1. The van der Waals surface area contributed by atoms with E-state index in [1.165, 1.54) is 19.1 Å². The van der Waals surface area contributed by atoms with E-state index in [-0.39, 0.29) is 17.4 Å². The molecule has 1 aromatic heterocycles. The first kappa shape index (κ1) is 18.4. The molecule has 0 saturated carbocycles. The van der Waals surface area contributed by atoms with Crippen molar-refractivity contribution in [3.63, 3.8) is 0 Å². The smallest absolute Gasteiger partial charge is 0.375 e. The van der Waals surface area contributed by atoms with Crippen molar-refractivity contribution in [2.75, 3.05) is 0 Å². The maximum atomic E-state index is 13.7. The third-order valence-corrected chi connectivity index (χ3v) is 3.41. The molecule has 3 amide bonds. The van der Waals surface area contributed by atoms with E-state index in [0.717, 1.165) is 0 Å². The molecule has 0 unspecified atom stereocenters. The Balaban J connectivity index is 2.09. The van der Waals surface area contributed by atoms with Crippen LogP contribution in [0.1, 0.15) is 36.9 Å². The Morgan fingerprint density at radius 2 is 1.88 bits per heavy atom. The second-order valence-electron chi connectivity index (χ2n) is 5.84. The van der Waals surface area contributed by atoms with Crippen molar-refractivity contribution in [1.82, 2.24) is 10.6 Å². The molecule has 1 aromatic carbocycles. The average molecular weight is 350 g/mol. The molecule has 0 aliphatic carbocycles. The molecule has 1 atom stereocenters. The summed E-state index contributed by atoms with van der Waals surface area (Å²) in [7, 11) is 0. The van der Waals surface area contributed by atoms with Crippen molar-refractivity contribution in [3.05, 3.63) is 35.3 Å². The van der Waals surface area contributed by atoms with Gasteiger partial charge in [-0.05, 0) is 33.8 Å². The number of hydrogen-bond donors (Lipinski definition) is 2. The minimum atomic E-state index is -1.23. The Kier molecular flexibility index (Phi) is 5.41. The van der Waals surface area contributed by atoms with Crippen LogP contribution in [0, 0.1) is 12.7 Å². The summed E-state index contributed by atoms with van der Waals surface area (Å²) in [4.78, 5) is 35.6. The predicted molar refractivity (Wildman–Crippen MR) is 87.6 cm³/mol. The third-order valence-electron chi connectivity index (χ3n) is 3.41. The van der Waals surface area contributed by atoms with Crippen molar-refractivity contribution < 1.29 is 27.9 Å². The zero-order valence-corrected chi connectivity index (χ0v) is 14.3. The highest BCUT2D eigenvalue weighted by Crippen LogP contribution is 2.27. The highest BCUT2D eigenvalue weighted by Gasteiger charge is 2.25. The fourth-order valence-electron chi connectivity index (χ4n) is 2.18. The zero-order chi connectivity index (χ0) is 18.7. The molecule has 8 heteroatoms. The van der Waals surface area contributed by atoms with Gasteiger partial charge in [-0.3, -0.25) is 10.1 Å². The van der Waals surface area contributed by atoms with Crippen LogP contribution < -0.4 is 10.6 Å². The molecule has 0 spiro atoms. The number of esters is 1. The number of halogens is 1. The number of urea groups is 1. The lowest BCUT2D eigenvalue weighted by Crippen LogP contribution is -2.46. The zero-order valence-electron chi connectivity index (χ0n) is 14.3. The van der Waals surface area contributed by atoms with Gasteiger partial charge in [0.1, 0.15) is 0 Å². The lowest BCUT2D eigenvalue weighted by molar-refractivity contribution is -0.128. The number of para-hydroxylation sites is 1.